The van der Waals surface area contributed by atoms with Gasteiger partial charge in [0.25, 0.3) is 0 Å². The lowest BCUT2D eigenvalue weighted by atomic mass is 10.2. The van der Waals surface area contributed by atoms with Gasteiger partial charge in [0.05, 0.1) is 12.2 Å². The van der Waals surface area contributed by atoms with Crippen LogP contribution in [-0.4, -0.2) is 22.3 Å². The van der Waals surface area contributed by atoms with Gasteiger partial charge in [-0.1, -0.05) is 13.8 Å². The summed E-state index contributed by atoms with van der Waals surface area (Å²) in [5, 5.41) is 7.40. The molecule has 0 amide bonds. The van der Waals surface area contributed by atoms with Crippen molar-refractivity contribution in [2.75, 3.05) is 6.54 Å². The summed E-state index contributed by atoms with van der Waals surface area (Å²) >= 11 is 0. The summed E-state index contributed by atoms with van der Waals surface area (Å²) in [6.07, 6.45) is 3.97. The molecule has 6 heteroatoms. The molecule has 0 spiro atoms. The molecule has 0 bridgehead atoms. The monoisotopic (exact) mass is 351 g/mol. The maximum Gasteiger partial charge on any atom is 0.188 e. The summed E-state index contributed by atoms with van der Waals surface area (Å²) in [6, 6.07) is 0. The van der Waals surface area contributed by atoms with Crippen LogP contribution in [-0.2, 0) is 20.0 Å². The molecule has 0 fully saturated rings. The van der Waals surface area contributed by atoms with Crippen LogP contribution in [0.3, 0.4) is 0 Å². The highest BCUT2D eigenvalue weighted by molar-refractivity contribution is 14.0. The Hall–Kier alpha value is -0.790. The molecule has 0 unspecified atom stereocenters. The van der Waals surface area contributed by atoms with Crippen molar-refractivity contribution in [1.29, 1.82) is 0 Å². The molecule has 0 aromatic carbocycles. The smallest absolute Gasteiger partial charge is 0.188 e. The van der Waals surface area contributed by atoms with Crippen LogP contribution >= 0.6 is 24.0 Å². The second-order valence-electron chi connectivity index (χ2n) is 3.76. The van der Waals surface area contributed by atoms with Crippen molar-refractivity contribution in [2.24, 2.45) is 17.8 Å². The van der Waals surface area contributed by atoms with Crippen molar-refractivity contribution in [1.82, 2.24) is 15.1 Å². The summed E-state index contributed by atoms with van der Waals surface area (Å²) in [6.45, 7) is 5.65. The topological polar surface area (TPSA) is 68.2 Å². The normalized spacial score (nSPS) is 11.1. The summed E-state index contributed by atoms with van der Waals surface area (Å²) in [7, 11) is 1.92. The Morgan fingerprint density at radius 3 is 2.82 bits per heavy atom. The minimum absolute atomic E-state index is 0. The van der Waals surface area contributed by atoms with E-state index in [1.165, 1.54) is 0 Å². The van der Waals surface area contributed by atoms with Crippen LogP contribution in [0.1, 0.15) is 31.5 Å². The molecule has 1 rings (SSSR count). The zero-order chi connectivity index (χ0) is 12.0. The number of hydrogen-bond donors (Lipinski definition) is 2. The van der Waals surface area contributed by atoms with Crippen molar-refractivity contribution in [3.8, 4) is 0 Å². The van der Waals surface area contributed by atoms with Crippen LogP contribution in [0.2, 0.25) is 0 Å². The lowest BCUT2D eigenvalue weighted by Crippen LogP contribution is -2.32. The van der Waals surface area contributed by atoms with E-state index in [-0.39, 0.29) is 24.0 Å². The fourth-order valence-corrected chi connectivity index (χ4v) is 1.49. The van der Waals surface area contributed by atoms with Crippen molar-refractivity contribution in [3.63, 3.8) is 0 Å². The molecule has 0 saturated heterocycles. The highest BCUT2D eigenvalue weighted by Gasteiger charge is 2.04. The molecule has 3 N–H and O–H groups in total. The lowest BCUT2D eigenvalue weighted by molar-refractivity contribution is 0.746. The van der Waals surface area contributed by atoms with E-state index in [9.17, 15) is 0 Å². The van der Waals surface area contributed by atoms with E-state index in [4.69, 9.17) is 5.73 Å². The molecule has 0 aliphatic heterocycles. The molecule has 98 valence electrons. The van der Waals surface area contributed by atoms with Gasteiger partial charge in [-0.3, -0.25) is 4.68 Å². The van der Waals surface area contributed by atoms with Crippen LogP contribution in [0.15, 0.2) is 11.2 Å². The van der Waals surface area contributed by atoms with Gasteiger partial charge >= 0.3 is 0 Å². The Kier molecular flexibility index (Phi) is 7.94. The van der Waals surface area contributed by atoms with Crippen LogP contribution in [0.25, 0.3) is 0 Å². The number of rotatable bonds is 5. The Balaban J connectivity index is 0.00000256. The van der Waals surface area contributed by atoms with E-state index in [2.05, 4.69) is 29.3 Å². The lowest BCUT2D eigenvalue weighted by Gasteiger charge is -2.02. The zero-order valence-electron chi connectivity index (χ0n) is 10.7. The predicted molar refractivity (Wildman–Crippen MR) is 81.6 cm³/mol. The first-order valence-corrected chi connectivity index (χ1v) is 5.72. The Bertz CT molecular complexity index is 359. The van der Waals surface area contributed by atoms with Gasteiger partial charge in [0, 0.05) is 25.4 Å². The molecule has 0 radical (unpaired) electrons. The molecule has 0 saturated carbocycles. The van der Waals surface area contributed by atoms with Gasteiger partial charge < -0.3 is 11.1 Å². The van der Waals surface area contributed by atoms with Gasteiger partial charge in [-0.05, 0) is 12.8 Å². The highest BCUT2D eigenvalue weighted by Crippen LogP contribution is 2.08. The van der Waals surface area contributed by atoms with Crippen LogP contribution < -0.4 is 11.1 Å². The van der Waals surface area contributed by atoms with Crippen molar-refractivity contribution >= 4 is 29.9 Å². The maximum absolute atomic E-state index is 5.72. The van der Waals surface area contributed by atoms with Crippen molar-refractivity contribution < 1.29 is 0 Å². The number of halogens is 1. The van der Waals surface area contributed by atoms with E-state index in [1.54, 1.807) is 0 Å². The molecule has 1 aromatic heterocycles. The van der Waals surface area contributed by atoms with Crippen LogP contribution in [0, 0.1) is 0 Å². The first-order chi connectivity index (χ1) is 7.67. The molecular formula is C11H22IN5. The molecule has 0 aliphatic carbocycles. The molecule has 0 atom stereocenters. The summed E-state index contributed by atoms with van der Waals surface area (Å²) in [5.74, 6) is 0.507. The number of hydrogen-bond acceptors (Lipinski definition) is 2. The number of nitrogens with two attached hydrogens (primary N) is 1. The SMILES string of the molecule is CCCNC(N)=NCc1cn(C)nc1CC.I. The van der Waals surface area contributed by atoms with Gasteiger partial charge in [0.1, 0.15) is 0 Å². The van der Waals surface area contributed by atoms with E-state index >= 15 is 0 Å². The van der Waals surface area contributed by atoms with Gasteiger partial charge in [-0.25, -0.2) is 4.99 Å². The number of aromatic nitrogens is 2. The second-order valence-corrected chi connectivity index (χ2v) is 3.76. The predicted octanol–water partition coefficient (Wildman–Crippen LogP) is 1.41. The molecule has 0 aliphatic rings. The van der Waals surface area contributed by atoms with Crippen molar-refractivity contribution in [2.45, 2.75) is 33.2 Å². The number of guanidine groups is 1. The molecule has 17 heavy (non-hydrogen) atoms. The number of aryl methyl sites for hydroxylation is 2. The fourth-order valence-electron chi connectivity index (χ4n) is 1.49. The Labute approximate surface area is 120 Å². The van der Waals surface area contributed by atoms with Crippen LogP contribution in [0.4, 0.5) is 0 Å². The Morgan fingerprint density at radius 2 is 2.24 bits per heavy atom. The van der Waals surface area contributed by atoms with Gasteiger partial charge in [-0.2, -0.15) is 5.10 Å². The first kappa shape index (κ1) is 16.2. The Morgan fingerprint density at radius 1 is 1.53 bits per heavy atom. The third-order valence-electron chi connectivity index (χ3n) is 2.30. The molecule has 1 aromatic rings. The third-order valence-corrected chi connectivity index (χ3v) is 2.30. The quantitative estimate of drug-likeness (QED) is 0.479. The van der Waals surface area contributed by atoms with E-state index in [1.807, 2.05) is 17.9 Å². The summed E-state index contributed by atoms with van der Waals surface area (Å²) in [5.41, 5.74) is 7.95. The minimum Gasteiger partial charge on any atom is -0.370 e. The maximum atomic E-state index is 5.72. The minimum atomic E-state index is 0. The molecular weight excluding hydrogens is 329 g/mol. The third kappa shape index (κ3) is 5.38. The van der Waals surface area contributed by atoms with E-state index < -0.39 is 0 Å². The number of nitrogens with one attached hydrogen (secondary N) is 1. The fraction of sp³-hybridized carbons (Fsp3) is 0.636. The number of aliphatic imine (C=N–C) groups is 1. The average Bonchev–Trinajstić information content (AvgIpc) is 2.64. The largest absolute Gasteiger partial charge is 0.370 e. The van der Waals surface area contributed by atoms with E-state index in [0.29, 0.717) is 12.5 Å². The van der Waals surface area contributed by atoms with E-state index in [0.717, 1.165) is 30.6 Å². The zero-order valence-corrected chi connectivity index (χ0v) is 13.1. The summed E-state index contributed by atoms with van der Waals surface area (Å²) in [4.78, 5) is 4.28. The van der Waals surface area contributed by atoms with Gasteiger partial charge in [0.15, 0.2) is 5.96 Å². The van der Waals surface area contributed by atoms with Crippen molar-refractivity contribution in [3.05, 3.63) is 17.5 Å². The summed E-state index contributed by atoms with van der Waals surface area (Å²) < 4.78 is 1.82. The highest BCUT2D eigenvalue weighted by atomic mass is 127. The van der Waals surface area contributed by atoms with Crippen LogP contribution in [0.5, 0.6) is 0 Å². The average molecular weight is 351 g/mol. The van der Waals surface area contributed by atoms with Gasteiger partial charge in [-0.15, -0.1) is 24.0 Å². The molecule has 1 heterocycles. The molecule has 5 nitrogen and oxygen atoms in total. The standard InChI is InChI=1S/C11H21N5.HI/c1-4-6-13-11(12)14-7-9-8-16(3)15-10(9)5-2;/h8H,4-7H2,1-3H3,(H3,12,13,14);1H. The number of nitrogens with zero attached hydrogens (tertiary/aromatic N) is 3. The first-order valence-electron chi connectivity index (χ1n) is 5.72. The van der Waals surface area contributed by atoms with Gasteiger partial charge in [0.2, 0.25) is 0 Å². The second kappa shape index (κ2) is 8.32.